The van der Waals surface area contributed by atoms with Gasteiger partial charge in [-0.2, -0.15) is 0 Å². The first kappa shape index (κ1) is 15.5. The van der Waals surface area contributed by atoms with Gasteiger partial charge in [0.05, 0.1) is 18.0 Å². The summed E-state index contributed by atoms with van der Waals surface area (Å²) in [5, 5.41) is 0. The second-order valence-electron chi connectivity index (χ2n) is 4.69. The van der Waals surface area contributed by atoms with Crippen molar-refractivity contribution in [1.82, 2.24) is 0 Å². The fourth-order valence-electron chi connectivity index (χ4n) is 2.04. The number of nitrogens with two attached hydrogens (primary N) is 1. The third kappa shape index (κ3) is 3.22. The van der Waals surface area contributed by atoms with E-state index in [2.05, 4.69) is 0 Å². The normalized spacial score (nSPS) is 13.0. The van der Waals surface area contributed by atoms with Crippen LogP contribution < -0.4 is 10.5 Å². The first-order valence-corrected chi connectivity index (χ1v) is 8.11. The minimum absolute atomic E-state index is 0.0993. The van der Waals surface area contributed by atoms with Gasteiger partial charge in [-0.1, -0.05) is 24.3 Å². The molecule has 0 aliphatic heterocycles. The zero-order valence-corrected chi connectivity index (χ0v) is 12.5. The Morgan fingerprint density at radius 1 is 1.19 bits per heavy atom. The fourth-order valence-corrected chi connectivity index (χ4v) is 2.72. The Labute approximate surface area is 123 Å². The lowest BCUT2D eigenvalue weighted by molar-refractivity contribution is 0.383. The molecule has 2 aromatic rings. The van der Waals surface area contributed by atoms with Gasteiger partial charge in [0.2, 0.25) is 0 Å². The van der Waals surface area contributed by atoms with Crippen LogP contribution in [0.4, 0.5) is 4.39 Å². The van der Waals surface area contributed by atoms with Gasteiger partial charge in [0.15, 0.2) is 21.4 Å². The molecule has 6 heteroatoms. The highest BCUT2D eigenvalue weighted by Gasteiger charge is 2.18. The minimum atomic E-state index is -3.34. The minimum Gasteiger partial charge on any atom is -0.494 e. The van der Waals surface area contributed by atoms with Crippen LogP contribution in [0.5, 0.6) is 5.75 Å². The van der Waals surface area contributed by atoms with Crippen LogP contribution in [-0.2, 0) is 9.84 Å². The topological polar surface area (TPSA) is 69.4 Å². The molecule has 0 aromatic heterocycles. The standard InChI is InChI=1S/C15H16FNO3S/c1-20-13-8-4-7-12(14(13)16)15(17)10-5-3-6-11(9-10)21(2,18)19/h3-9,15H,17H2,1-2H3. The van der Waals surface area contributed by atoms with E-state index in [1.54, 1.807) is 24.3 Å². The second-order valence-corrected chi connectivity index (χ2v) is 6.70. The van der Waals surface area contributed by atoms with Crippen molar-refractivity contribution in [2.45, 2.75) is 10.9 Å². The predicted molar refractivity (Wildman–Crippen MR) is 78.5 cm³/mol. The van der Waals surface area contributed by atoms with Crippen LogP contribution in [0, 0.1) is 5.82 Å². The molecule has 2 aromatic carbocycles. The van der Waals surface area contributed by atoms with E-state index in [-0.39, 0.29) is 16.2 Å². The molecule has 4 nitrogen and oxygen atoms in total. The van der Waals surface area contributed by atoms with E-state index in [0.717, 1.165) is 6.26 Å². The molecule has 1 unspecified atom stereocenters. The van der Waals surface area contributed by atoms with Crippen molar-refractivity contribution in [1.29, 1.82) is 0 Å². The summed E-state index contributed by atoms with van der Waals surface area (Å²) in [5.74, 6) is -0.445. The number of sulfone groups is 1. The fraction of sp³-hybridized carbons (Fsp3) is 0.200. The van der Waals surface area contributed by atoms with Crippen molar-refractivity contribution in [3.05, 3.63) is 59.4 Å². The van der Waals surface area contributed by atoms with Gasteiger partial charge in [0.25, 0.3) is 0 Å². The second kappa shape index (κ2) is 5.83. The van der Waals surface area contributed by atoms with Crippen LogP contribution in [0.25, 0.3) is 0 Å². The third-order valence-corrected chi connectivity index (χ3v) is 4.30. The molecule has 0 spiro atoms. The summed E-state index contributed by atoms with van der Waals surface area (Å²) in [6.07, 6.45) is 1.11. The molecule has 2 rings (SSSR count). The van der Waals surface area contributed by atoms with Gasteiger partial charge in [-0.25, -0.2) is 12.8 Å². The molecule has 0 amide bonds. The van der Waals surface area contributed by atoms with E-state index in [4.69, 9.17) is 10.5 Å². The van der Waals surface area contributed by atoms with Gasteiger partial charge in [0, 0.05) is 11.8 Å². The maximum atomic E-state index is 14.2. The maximum Gasteiger partial charge on any atom is 0.175 e. The van der Waals surface area contributed by atoms with Crippen molar-refractivity contribution in [2.24, 2.45) is 5.73 Å². The van der Waals surface area contributed by atoms with Gasteiger partial charge in [-0.3, -0.25) is 0 Å². The maximum absolute atomic E-state index is 14.2. The molecule has 0 aliphatic rings. The predicted octanol–water partition coefficient (Wildman–Crippen LogP) is 2.29. The molecule has 2 N–H and O–H groups in total. The SMILES string of the molecule is COc1cccc(C(N)c2cccc(S(C)(=O)=O)c2)c1F. The lowest BCUT2D eigenvalue weighted by Gasteiger charge is -2.15. The Bertz CT molecular complexity index is 759. The Hall–Kier alpha value is -1.92. The summed E-state index contributed by atoms with van der Waals surface area (Å²) < 4.78 is 42.3. The van der Waals surface area contributed by atoms with Crippen molar-refractivity contribution < 1.29 is 17.5 Å². The Morgan fingerprint density at radius 2 is 1.86 bits per heavy atom. The molecule has 21 heavy (non-hydrogen) atoms. The quantitative estimate of drug-likeness (QED) is 0.941. The number of hydrogen-bond donors (Lipinski definition) is 1. The number of hydrogen-bond acceptors (Lipinski definition) is 4. The molecular weight excluding hydrogens is 293 g/mol. The molecule has 0 bridgehead atoms. The molecule has 1 atom stereocenters. The number of halogens is 1. The van der Waals surface area contributed by atoms with Crippen molar-refractivity contribution >= 4 is 9.84 Å². The van der Waals surface area contributed by atoms with E-state index >= 15 is 0 Å². The molecule has 0 fully saturated rings. The van der Waals surface area contributed by atoms with Gasteiger partial charge in [-0.15, -0.1) is 0 Å². The van der Waals surface area contributed by atoms with E-state index in [0.29, 0.717) is 5.56 Å². The van der Waals surface area contributed by atoms with Gasteiger partial charge >= 0.3 is 0 Å². The number of benzene rings is 2. The highest BCUT2D eigenvalue weighted by atomic mass is 32.2. The summed E-state index contributed by atoms with van der Waals surface area (Å²) in [7, 11) is -1.96. The first-order valence-electron chi connectivity index (χ1n) is 6.22. The monoisotopic (exact) mass is 309 g/mol. The summed E-state index contributed by atoms with van der Waals surface area (Å²) in [5.41, 5.74) is 6.83. The van der Waals surface area contributed by atoms with Crippen molar-refractivity contribution in [2.75, 3.05) is 13.4 Å². The average Bonchev–Trinajstić information content (AvgIpc) is 2.46. The summed E-state index contributed by atoms with van der Waals surface area (Å²) in [6, 6.07) is 10.1. The van der Waals surface area contributed by atoms with Gasteiger partial charge in [-0.05, 0) is 23.8 Å². The Morgan fingerprint density at radius 3 is 2.48 bits per heavy atom. The van der Waals surface area contributed by atoms with E-state index < -0.39 is 21.7 Å². The third-order valence-electron chi connectivity index (χ3n) is 3.19. The highest BCUT2D eigenvalue weighted by molar-refractivity contribution is 7.90. The zero-order valence-electron chi connectivity index (χ0n) is 11.7. The number of rotatable bonds is 4. The Balaban J connectivity index is 2.48. The van der Waals surface area contributed by atoms with Crippen LogP contribution >= 0.6 is 0 Å². The molecule has 0 saturated heterocycles. The summed E-state index contributed by atoms with van der Waals surface area (Å²) >= 11 is 0. The highest BCUT2D eigenvalue weighted by Crippen LogP contribution is 2.28. The molecular formula is C15H16FNO3S. The van der Waals surface area contributed by atoms with Gasteiger partial charge < -0.3 is 10.5 Å². The van der Waals surface area contributed by atoms with Crippen LogP contribution in [-0.4, -0.2) is 21.8 Å². The van der Waals surface area contributed by atoms with E-state index in [9.17, 15) is 12.8 Å². The zero-order chi connectivity index (χ0) is 15.6. The van der Waals surface area contributed by atoms with E-state index in [1.165, 1.54) is 25.3 Å². The average molecular weight is 309 g/mol. The van der Waals surface area contributed by atoms with Crippen LogP contribution in [0.15, 0.2) is 47.4 Å². The first-order chi connectivity index (χ1) is 9.84. The lowest BCUT2D eigenvalue weighted by atomic mass is 9.99. The van der Waals surface area contributed by atoms with Crippen molar-refractivity contribution in [3.8, 4) is 5.75 Å². The smallest absolute Gasteiger partial charge is 0.175 e. The molecule has 0 saturated carbocycles. The molecule has 0 heterocycles. The van der Waals surface area contributed by atoms with Crippen LogP contribution in [0.3, 0.4) is 0 Å². The van der Waals surface area contributed by atoms with Crippen LogP contribution in [0.1, 0.15) is 17.2 Å². The van der Waals surface area contributed by atoms with Crippen LogP contribution in [0.2, 0.25) is 0 Å². The molecule has 0 radical (unpaired) electrons. The number of methoxy groups -OCH3 is 1. The molecule has 0 aliphatic carbocycles. The number of ether oxygens (including phenoxy) is 1. The Kier molecular flexibility index (Phi) is 4.29. The van der Waals surface area contributed by atoms with E-state index in [1.807, 2.05) is 0 Å². The lowest BCUT2D eigenvalue weighted by Crippen LogP contribution is -2.14. The summed E-state index contributed by atoms with van der Waals surface area (Å²) in [4.78, 5) is 0.152. The summed E-state index contributed by atoms with van der Waals surface area (Å²) in [6.45, 7) is 0. The molecule has 112 valence electrons. The largest absolute Gasteiger partial charge is 0.494 e. The van der Waals surface area contributed by atoms with Crippen molar-refractivity contribution in [3.63, 3.8) is 0 Å². The van der Waals surface area contributed by atoms with Gasteiger partial charge in [0.1, 0.15) is 0 Å².